The molecule has 0 radical (unpaired) electrons. The minimum Gasteiger partial charge on any atom is -0.490 e. The van der Waals surface area contributed by atoms with Crippen molar-refractivity contribution in [3.63, 3.8) is 0 Å². The van der Waals surface area contributed by atoms with E-state index < -0.39 is 18.2 Å². The maximum atomic E-state index is 15.1. The normalized spacial score (nSPS) is 11.2. The lowest BCUT2D eigenvalue weighted by Gasteiger charge is -2.10. The van der Waals surface area contributed by atoms with Gasteiger partial charge in [0.1, 0.15) is 5.82 Å². The Labute approximate surface area is 194 Å². The molecule has 0 saturated carbocycles. The molecule has 4 nitrogen and oxygen atoms in total. The van der Waals surface area contributed by atoms with Gasteiger partial charge in [0, 0.05) is 10.9 Å². The van der Waals surface area contributed by atoms with E-state index in [1.54, 1.807) is 30.6 Å². The molecule has 4 rings (SSSR count). The van der Waals surface area contributed by atoms with E-state index in [4.69, 9.17) is 4.74 Å². The molecule has 176 valence electrons. The van der Waals surface area contributed by atoms with Gasteiger partial charge in [-0.25, -0.2) is 18.7 Å². The summed E-state index contributed by atoms with van der Waals surface area (Å²) in [7, 11) is 0. The van der Waals surface area contributed by atoms with Crippen LogP contribution in [0.1, 0.15) is 24.5 Å². The first-order chi connectivity index (χ1) is 16.4. The van der Waals surface area contributed by atoms with Crippen molar-refractivity contribution in [2.75, 3.05) is 6.61 Å². The van der Waals surface area contributed by atoms with E-state index in [-0.39, 0.29) is 5.82 Å². The smallest absolute Gasteiger partial charge is 0.387 e. The third-order valence-corrected chi connectivity index (χ3v) is 5.29. The number of hydrogen-bond donors (Lipinski definition) is 0. The summed E-state index contributed by atoms with van der Waals surface area (Å²) in [5.74, 6) is -0.642. The van der Waals surface area contributed by atoms with E-state index >= 15 is 4.39 Å². The second kappa shape index (κ2) is 10.5. The van der Waals surface area contributed by atoms with Gasteiger partial charge in [0.05, 0.1) is 19.0 Å². The fourth-order valence-electron chi connectivity index (χ4n) is 3.60. The summed E-state index contributed by atoms with van der Waals surface area (Å²) in [6, 6.07) is 12.5. The second-order valence-electron chi connectivity index (χ2n) is 7.71. The van der Waals surface area contributed by atoms with Crippen LogP contribution in [0.3, 0.4) is 0 Å². The molecule has 0 unspecified atom stereocenters. The van der Waals surface area contributed by atoms with Crippen LogP contribution in [0.5, 0.6) is 11.5 Å². The molecule has 0 atom stereocenters. The molecule has 4 aromatic rings. The molecule has 0 fully saturated rings. The van der Waals surface area contributed by atoms with Crippen LogP contribution in [-0.2, 0) is 12.8 Å². The monoisotopic (exact) mass is 470 g/mol. The molecule has 0 amide bonds. The number of ether oxygens (including phenoxy) is 2. The largest absolute Gasteiger partial charge is 0.490 e. The molecule has 0 saturated heterocycles. The summed E-state index contributed by atoms with van der Waals surface area (Å²) in [6.07, 6.45) is 4.77. The van der Waals surface area contributed by atoms with Crippen LogP contribution in [0.4, 0.5) is 17.6 Å². The summed E-state index contributed by atoms with van der Waals surface area (Å²) in [4.78, 5) is 8.66. The Bertz CT molecular complexity index is 1280. The quantitative estimate of drug-likeness (QED) is 0.254. The van der Waals surface area contributed by atoms with Gasteiger partial charge in [0.15, 0.2) is 23.1 Å². The number of benzene rings is 3. The first-order valence-electron chi connectivity index (χ1n) is 10.8. The van der Waals surface area contributed by atoms with Crippen molar-refractivity contribution in [1.82, 2.24) is 9.97 Å². The number of hydrogen-bond acceptors (Lipinski definition) is 4. The van der Waals surface area contributed by atoms with Gasteiger partial charge in [-0.05, 0) is 54.0 Å². The second-order valence-corrected chi connectivity index (χ2v) is 7.71. The number of rotatable bonds is 9. The molecule has 1 aromatic heterocycles. The Kier molecular flexibility index (Phi) is 7.25. The molecule has 0 aliphatic rings. The summed E-state index contributed by atoms with van der Waals surface area (Å²) >= 11 is 0. The fraction of sp³-hybridized carbons (Fsp3) is 0.231. The third kappa shape index (κ3) is 5.44. The van der Waals surface area contributed by atoms with Crippen molar-refractivity contribution in [1.29, 1.82) is 0 Å². The molecular weight excluding hydrogens is 448 g/mol. The van der Waals surface area contributed by atoms with Crippen LogP contribution in [0, 0.1) is 11.6 Å². The number of nitrogens with zero attached hydrogens (tertiary/aromatic N) is 2. The van der Waals surface area contributed by atoms with Gasteiger partial charge in [0.2, 0.25) is 0 Å². The van der Waals surface area contributed by atoms with Gasteiger partial charge in [-0.3, -0.25) is 0 Å². The molecule has 34 heavy (non-hydrogen) atoms. The summed E-state index contributed by atoms with van der Waals surface area (Å²) in [5, 5.41) is 1.16. The van der Waals surface area contributed by atoms with Crippen molar-refractivity contribution < 1.29 is 27.0 Å². The Hall–Kier alpha value is -3.68. The SMILES string of the molecule is CCCOc1cnc(-c2ccc3c(F)c(CCc4ccc(OC(F)F)c(F)c4)ccc3c2)nc1. The van der Waals surface area contributed by atoms with Gasteiger partial charge in [-0.2, -0.15) is 8.78 Å². The summed E-state index contributed by atoms with van der Waals surface area (Å²) in [5.41, 5.74) is 1.78. The average molecular weight is 470 g/mol. The number of aromatic nitrogens is 2. The van der Waals surface area contributed by atoms with Crippen LogP contribution in [-0.4, -0.2) is 23.2 Å². The zero-order chi connectivity index (χ0) is 24.1. The van der Waals surface area contributed by atoms with Crippen LogP contribution in [0.25, 0.3) is 22.2 Å². The first-order valence-corrected chi connectivity index (χ1v) is 10.8. The van der Waals surface area contributed by atoms with E-state index in [9.17, 15) is 13.2 Å². The number of alkyl halides is 2. The third-order valence-electron chi connectivity index (χ3n) is 5.29. The van der Waals surface area contributed by atoms with Gasteiger partial charge < -0.3 is 9.47 Å². The highest BCUT2D eigenvalue weighted by Gasteiger charge is 2.13. The minimum atomic E-state index is -3.10. The number of halogens is 4. The molecule has 0 spiro atoms. The van der Waals surface area contributed by atoms with Crippen LogP contribution in [0.15, 0.2) is 60.9 Å². The van der Waals surface area contributed by atoms with E-state index in [0.717, 1.165) is 24.1 Å². The van der Waals surface area contributed by atoms with Crippen LogP contribution in [0.2, 0.25) is 0 Å². The van der Waals surface area contributed by atoms with Gasteiger partial charge in [-0.15, -0.1) is 0 Å². The van der Waals surface area contributed by atoms with Gasteiger partial charge >= 0.3 is 6.61 Å². The molecule has 0 aliphatic carbocycles. The first kappa shape index (κ1) is 23.5. The molecule has 8 heteroatoms. The van der Waals surface area contributed by atoms with E-state index in [2.05, 4.69) is 14.7 Å². The lowest BCUT2D eigenvalue weighted by molar-refractivity contribution is -0.0522. The molecule has 3 aromatic carbocycles. The summed E-state index contributed by atoms with van der Waals surface area (Å²) in [6.45, 7) is -0.494. The average Bonchev–Trinajstić information content (AvgIpc) is 2.84. The Balaban J connectivity index is 1.49. The van der Waals surface area contributed by atoms with E-state index in [0.29, 0.717) is 52.9 Å². The van der Waals surface area contributed by atoms with Gasteiger partial charge in [0.25, 0.3) is 0 Å². The predicted molar refractivity (Wildman–Crippen MR) is 121 cm³/mol. The zero-order valence-corrected chi connectivity index (χ0v) is 18.4. The van der Waals surface area contributed by atoms with Crippen LogP contribution >= 0.6 is 0 Å². The Morgan fingerprint density at radius 3 is 2.41 bits per heavy atom. The molecular formula is C26H22F4N2O2. The van der Waals surface area contributed by atoms with E-state index in [1.165, 1.54) is 6.07 Å². The Morgan fingerprint density at radius 1 is 0.912 bits per heavy atom. The highest BCUT2D eigenvalue weighted by atomic mass is 19.3. The molecule has 0 N–H and O–H groups in total. The lowest BCUT2D eigenvalue weighted by atomic mass is 9.99. The maximum Gasteiger partial charge on any atom is 0.387 e. The van der Waals surface area contributed by atoms with Crippen molar-refractivity contribution >= 4 is 10.8 Å². The van der Waals surface area contributed by atoms with Gasteiger partial charge in [-0.1, -0.05) is 37.3 Å². The number of fused-ring (bicyclic) bond motifs is 1. The minimum absolute atomic E-state index is 0.320. The standard InChI is InChI=1S/C26H22F4N2O2/c1-2-11-33-20-14-31-25(32-15-20)19-8-9-21-18(13-19)7-6-17(24(21)28)5-3-16-4-10-23(22(27)12-16)34-26(29)30/h4,6-10,12-15,26H,2-3,5,11H2,1H3. The zero-order valence-electron chi connectivity index (χ0n) is 18.4. The van der Waals surface area contributed by atoms with Crippen LogP contribution < -0.4 is 9.47 Å². The topological polar surface area (TPSA) is 44.2 Å². The highest BCUT2D eigenvalue weighted by Crippen LogP contribution is 2.27. The fourth-order valence-corrected chi connectivity index (χ4v) is 3.60. The molecule has 1 heterocycles. The number of aryl methyl sites for hydroxylation is 2. The Morgan fingerprint density at radius 2 is 1.71 bits per heavy atom. The van der Waals surface area contributed by atoms with Crippen molar-refractivity contribution in [2.45, 2.75) is 32.8 Å². The van der Waals surface area contributed by atoms with Crippen molar-refractivity contribution in [2.24, 2.45) is 0 Å². The lowest BCUT2D eigenvalue weighted by Crippen LogP contribution is -2.04. The summed E-state index contributed by atoms with van der Waals surface area (Å²) < 4.78 is 63.2. The maximum absolute atomic E-state index is 15.1. The van der Waals surface area contributed by atoms with Crippen molar-refractivity contribution in [3.8, 4) is 22.9 Å². The van der Waals surface area contributed by atoms with E-state index in [1.807, 2.05) is 19.1 Å². The highest BCUT2D eigenvalue weighted by molar-refractivity contribution is 5.87. The molecule has 0 aliphatic heterocycles. The molecule has 0 bridgehead atoms. The predicted octanol–water partition coefficient (Wildman–Crippen LogP) is 6.75. The van der Waals surface area contributed by atoms with Crippen molar-refractivity contribution in [3.05, 3.63) is 83.7 Å².